The van der Waals surface area contributed by atoms with Gasteiger partial charge in [-0.3, -0.25) is 0 Å². The second kappa shape index (κ2) is 2.02. The van der Waals surface area contributed by atoms with Crippen molar-refractivity contribution in [2.45, 2.75) is 12.0 Å². The molecule has 2 aliphatic carbocycles. The van der Waals surface area contributed by atoms with Crippen molar-refractivity contribution in [2.75, 3.05) is 0 Å². The number of hydrogen-bond acceptors (Lipinski definition) is 2. The van der Waals surface area contributed by atoms with Crippen molar-refractivity contribution < 1.29 is 9.53 Å². The summed E-state index contributed by atoms with van der Waals surface area (Å²) in [4.78, 5) is 11.3. The van der Waals surface area contributed by atoms with E-state index in [1.165, 1.54) is 0 Å². The van der Waals surface area contributed by atoms with Crippen LogP contribution in [0.25, 0.3) is 0 Å². The van der Waals surface area contributed by atoms with Crippen molar-refractivity contribution in [3.63, 3.8) is 0 Å². The Morgan fingerprint density at radius 3 is 3.15 bits per heavy atom. The number of hydrogen-bond donors (Lipinski definition) is 0. The van der Waals surface area contributed by atoms with Crippen LogP contribution in [0.15, 0.2) is 47.6 Å². The highest BCUT2D eigenvalue weighted by molar-refractivity contribution is 5.95. The second-order valence-corrected chi connectivity index (χ2v) is 3.46. The number of esters is 1. The average Bonchev–Trinajstić information content (AvgIpc) is 2.16. The lowest BCUT2D eigenvalue weighted by Gasteiger charge is -2.39. The summed E-state index contributed by atoms with van der Waals surface area (Å²) in [6.07, 6.45) is 12.5. The van der Waals surface area contributed by atoms with Crippen LogP contribution in [-0.2, 0) is 9.53 Å². The lowest BCUT2D eigenvalue weighted by atomic mass is 9.79. The number of carbonyl (C=O) groups is 1. The molecule has 13 heavy (non-hydrogen) atoms. The Kier molecular flexibility index (Phi) is 1.07. The van der Waals surface area contributed by atoms with Gasteiger partial charge in [0, 0.05) is 12.0 Å². The minimum atomic E-state index is -0.479. The monoisotopic (exact) mass is 172 g/mol. The first-order chi connectivity index (χ1) is 6.30. The van der Waals surface area contributed by atoms with Crippen LogP contribution < -0.4 is 0 Å². The summed E-state index contributed by atoms with van der Waals surface area (Å²) in [7, 11) is 0. The molecule has 2 heteroatoms. The van der Waals surface area contributed by atoms with Crippen LogP contribution >= 0.6 is 0 Å². The summed E-state index contributed by atoms with van der Waals surface area (Å²) in [6, 6.07) is 0. The summed E-state index contributed by atoms with van der Waals surface area (Å²) in [5.41, 5.74) is 1.30. The van der Waals surface area contributed by atoms with E-state index in [2.05, 4.69) is 0 Å². The molecule has 2 aliphatic heterocycles. The third kappa shape index (κ3) is 0.750. The first kappa shape index (κ1) is 6.89. The van der Waals surface area contributed by atoms with Crippen LogP contribution in [0.5, 0.6) is 0 Å². The van der Waals surface area contributed by atoms with Crippen molar-refractivity contribution in [3.05, 3.63) is 47.6 Å². The molecule has 4 rings (SSSR count). The Hall–Kier alpha value is -1.57. The van der Waals surface area contributed by atoms with Crippen molar-refractivity contribution in [3.8, 4) is 0 Å². The summed E-state index contributed by atoms with van der Waals surface area (Å²) < 4.78 is 5.36. The Morgan fingerprint density at radius 2 is 2.31 bits per heavy atom. The number of ether oxygens (including phenoxy) is 1. The molecule has 64 valence electrons. The number of allylic oxidation sites excluding steroid dienone is 2. The van der Waals surface area contributed by atoms with E-state index >= 15 is 0 Å². The maximum absolute atomic E-state index is 11.3. The maximum atomic E-state index is 11.3. The Labute approximate surface area is 75.9 Å². The molecule has 0 radical (unpaired) electrons. The van der Waals surface area contributed by atoms with E-state index < -0.39 is 5.60 Å². The van der Waals surface area contributed by atoms with E-state index in [1.54, 1.807) is 0 Å². The zero-order valence-corrected chi connectivity index (χ0v) is 6.99. The molecule has 0 N–H and O–H groups in total. The third-order valence-corrected chi connectivity index (χ3v) is 2.69. The van der Waals surface area contributed by atoms with E-state index in [0.717, 1.165) is 12.0 Å². The highest BCUT2D eigenvalue weighted by Gasteiger charge is 2.42. The largest absolute Gasteiger partial charge is 0.446 e. The number of fused-ring (bicyclic) bond motifs is 2. The summed E-state index contributed by atoms with van der Waals surface area (Å²) in [5.74, 6) is -0.199. The van der Waals surface area contributed by atoms with Gasteiger partial charge in [0.05, 0.1) is 5.57 Å². The standard InChI is InChI=1S/C11H8O2/c12-10-8-4-6-11(13-10)5-2-1-3-9(11)7-8/h1-5,7H,6H2. The summed E-state index contributed by atoms with van der Waals surface area (Å²) >= 11 is 0. The van der Waals surface area contributed by atoms with Gasteiger partial charge in [0.15, 0.2) is 5.60 Å². The van der Waals surface area contributed by atoms with Gasteiger partial charge in [-0.2, -0.15) is 0 Å². The van der Waals surface area contributed by atoms with Crippen LogP contribution in [-0.4, -0.2) is 11.6 Å². The lowest BCUT2D eigenvalue weighted by Crippen LogP contribution is -2.42. The molecule has 0 saturated heterocycles. The minimum absolute atomic E-state index is 0.199. The van der Waals surface area contributed by atoms with Gasteiger partial charge in [0.2, 0.25) is 0 Å². The molecule has 1 spiro atoms. The summed E-state index contributed by atoms with van der Waals surface area (Å²) in [6.45, 7) is 0. The van der Waals surface area contributed by atoms with Crippen molar-refractivity contribution >= 4 is 5.97 Å². The van der Waals surface area contributed by atoms with Gasteiger partial charge in [-0.15, -0.1) is 0 Å². The van der Waals surface area contributed by atoms with E-state index in [-0.39, 0.29) is 5.97 Å². The van der Waals surface area contributed by atoms with E-state index in [1.807, 2.05) is 36.5 Å². The first-order valence-electron chi connectivity index (χ1n) is 4.32. The normalized spacial score (nSPS) is 33.7. The fourth-order valence-electron chi connectivity index (χ4n) is 1.95. The van der Waals surface area contributed by atoms with Gasteiger partial charge in [-0.1, -0.05) is 24.3 Å². The molecule has 4 aliphatic rings. The van der Waals surface area contributed by atoms with Crippen LogP contribution in [0.3, 0.4) is 0 Å². The van der Waals surface area contributed by atoms with Gasteiger partial charge < -0.3 is 4.74 Å². The highest BCUT2D eigenvalue weighted by Crippen LogP contribution is 2.41. The van der Waals surface area contributed by atoms with E-state index in [0.29, 0.717) is 5.57 Å². The smallest absolute Gasteiger partial charge is 0.339 e. The van der Waals surface area contributed by atoms with Gasteiger partial charge in [-0.25, -0.2) is 4.79 Å². The molecule has 0 saturated carbocycles. The van der Waals surface area contributed by atoms with E-state index in [9.17, 15) is 4.79 Å². The number of carbonyl (C=O) groups excluding carboxylic acids is 1. The Bertz CT molecular complexity index is 410. The third-order valence-electron chi connectivity index (χ3n) is 2.69. The first-order valence-corrected chi connectivity index (χ1v) is 4.32. The molecular formula is C11H8O2. The molecule has 1 unspecified atom stereocenters. The predicted octanol–water partition coefficient (Wildman–Crippen LogP) is 1.66. The molecule has 0 aromatic heterocycles. The van der Waals surface area contributed by atoms with Crippen molar-refractivity contribution in [1.82, 2.24) is 0 Å². The topological polar surface area (TPSA) is 26.3 Å². The zero-order valence-electron chi connectivity index (χ0n) is 6.99. The fraction of sp³-hybridized carbons (Fsp3) is 0.182. The molecule has 0 aromatic rings. The molecular weight excluding hydrogens is 164 g/mol. The van der Waals surface area contributed by atoms with Gasteiger partial charge in [0.25, 0.3) is 0 Å². The maximum Gasteiger partial charge on any atom is 0.339 e. The zero-order chi connectivity index (χ0) is 8.89. The molecule has 2 nitrogen and oxygen atoms in total. The molecule has 0 amide bonds. The van der Waals surface area contributed by atoms with Gasteiger partial charge in [0.1, 0.15) is 0 Å². The van der Waals surface area contributed by atoms with Crippen molar-refractivity contribution in [2.24, 2.45) is 0 Å². The van der Waals surface area contributed by atoms with Crippen molar-refractivity contribution in [1.29, 1.82) is 0 Å². The Morgan fingerprint density at radius 1 is 1.38 bits per heavy atom. The van der Waals surface area contributed by atoms with Gasteiger partial charge in [-0.05, 0) is 12.2 Å². The van der Waals surface area contributed by atoms with Gasteiger partial charge >= 0.3 is 5.97 Å². The molecule has 0 fully saturated rings. The minimum Gasteiger partial charge on any atom is -0.446 e. The molecule has 2 bridgehead atoms. The predicted molar refractivity (Wildman–Crippen MR) is 47.9 cm³/mol. The SMILES string of the molecule is O=C1OC23C=CC=CC2=CC1=CC3. The quantitative estimate of drug-likeness (QED) is 0.519. The molecule has 0 aromatic carbocycles. The van der Waals surface area contributed by atoms with E-state index in [4.69, 9.17) is 4.74 Å². The van der Waals surface area contributed by atoms with Crippen LogP contribution in [0, 0.1) is 0 Å². The molecule has 1 atom stereocenters. The number of rotatable bonds is 0. The Balaban J connectivity index is 2.24. The van der Waals surface area contributed by atoms with Crippen LogP contribution in [0.4, 0.5) is 0 Å². The van der Waals surface area contributed by atoms with Crippen LogP contribution in [0.1, 0.15) is 6.42 Å². The second-order valence-electron chi connectivity index (χ2n) is 3.46. The average molecular weight is 172 g/mol. The fourth-order valence-corrected chi connectivity index (χ4v) is 1.95. The summed E-state index contributed by atoms with van der Waals surface area (Å²) in [5, 5.41) is 0. The van der Waals surface area contributed by atoms with Crippen LogP contribution in [0.2, 0.25) is 0 Å². The lowest BCUT2D eigenvalue weighted by molar-refractivity contribution is -0.149. The molecule has 2 heterocycles. The highest BCUT2D eigenvalue weighted by atomic mass is 16.6.